The van der Waals surface area contributed by atoms with Crippen molar-refractivity contribution in [3.05, 3.63) is 36.0 Å². The van der Waals surface area contributed by atoms with Gasteiger partial charge in [-0.2, -0.15) is 10.4 Å². The zero-order chi connectivity index (χ0) is 17.0. The summed E-state index contributed by atoms with van der Waals surface area (Å²) in [5, 5.41) is 15.2. The number of hydrogen-bond donors (Lipinski definition) is 1. The molecule has 0 aliphatic carbocycles. The number of nitrogens with one attached hydrogen (secondary N) is 1. The van der Waals surface area contributed by atoms with Crippen LogP contribution in [-0.2, 0) is 4.79 Å². The summed E-state index contributed by atoms with van der Waals surface area (Å²) in [5.74, 6) is -0.557. The average Bonchev–Trinajstić information content (AvgIpc) is 2.79. The number of halogens is 3. The van der Waals surface area contributed by atoms with Gasteiger partial charge in [-0.05, 0) is 31.2 Å². The van der Waals surface area contributed by atoms with E-state index in [4.69, 9.17) is 5.26 Å². The number of aryl methyl sites for hydroxylation is 1. The maximum atomic E-state index is 12.1. The van der Waals surface area contributed by atoms with E-state index in [1.165, 1.54) is 16.8 Å². The Kier molecular flexibility index (Phi) is 4.55. The molecule has 1 aromatic carbocycles. The number of carbonyl (C=O) groups is 1. The van der Waals surface area contributed by atoms with Gasteiger partial charge in [0.05, 0.1) is 17.5 Å². The molecule has 0 unspecified atom stereocenters. The summed E-state index contributed by atoms with van der Waals surface area (Å²) >= 11 is 0. The van der Waals surface area contributed by atoms with E-state index in [1.807, 2.05) is 0 Å². The van der Waals surface area contributed by atoms with Gasteiger partial charge in [-0.1, -0.05) is 0 Å². The molecule has 0 atom stereocenters. The van der Waals surface area contributed by atoms with Gasteiger partial charge in [-0.15, -0.1) is 13.2 Å². The minimum atomic E-state index is -4.76. The van der Waals surface area contributed by atoms with Crippen LogP contribution in [0.2, 0.25) is 0 Å². The molecule has 0 saturated heterocycles. The minimum Gasteiger partial charge on any atom is -0.406 e. The summed E-state index contributed by atoms with van der Waals surface area (Å²) in [6.07, 6.45) is -5.08. The highest BCUT2D eigenvalue weighted by atomic mass is 19.4. The lowest BCUT2D eigenvalue weighted by molar-refractivity contribution is -0.274. The van der Waals surface area contributed by atoms with Gasteiger partial charge in [0.1, 0.15) is 18.0 Å². The predicted octanol–water partition coefficient (Wildman–Crippen LogP) is 2.93. The molecular formula is C14H11F3N4O2. The molecule has 1 N–H and O–H groups in total. The quantitative estimate of drug-likeness (QED) is 0.938. The average molecular weight is 324 g/mol. The van der Waals surface area contributed by atoms with Crippen LogP contribution in [-0.4, -0.2) is 22.1 Å². The molecule has 0 bridgehead atoms. The number of nitriles is 1. The molecule has 0 radical (unpaired) electrons. The van der Waals surface area contributed by atoms with Crippen LogP contribution in [0.15, 0.2) is 30.3 Å². The van der Waals surface area contributed by atoms with Crippen molar-refractivity contribution < 1.29 is 22.7 Å². The van der Waals surface area contributed by atoms with E-state index in [1.54, 1.807) is 19.1 Å². The first-order chi connectivity index (χ1) is 10.8. The Labute approximate surface area is 129 Å². The van der Waals surface area contributed by atoms with Gasteiger partial charge in [0.2, 0.25) is 5.91 Å². The lowest BCUT2D eigenvalue weighted by atomic mass is 10.3. The van der Waals surface area contributed by atoms with E-state index in [-0.39, 0.29) is 12.2 Å². The molecule has 120 valence electrons. The van der Waals surface area contributed by atoms with E-state index in [0.717, 1.165) is 12.1 Å². The highest BCUT2D eigenvalue weighted by Crippen LogP contribution is 2.25. The topological polar surface area (TPSA) is 79.9 Å². The van der Waals surface area contributed by atoms with Gasteiger partial charge < -0.3 is 10.1 Å². The third kappa shape index (κ3) is 4.47. The summed E-state index contributed by atoms with van der Waals surface area (Å²) < 4.78 is 41.5. The third-order valence-electron chi connectivity index (χ3n) is 2.65. The number of rotatable bonds is 4. The largest absolute Gasteiger partial charge is 0.573 e. The molecule has 6 nitrogen and oxygen atoms in total. The number of hydrogen-bond acceptors (Lipinski definition) is 4. The Morgan fingerprint density at radius 2 is 2.04 bits per heavy atom. The van der Waals surface area contributed by atoms with Crippen LogP contribution in [0.5, 0.6) is 5.75 Å². The van der Waals surface area contributed by atoms with Crippen molar-refractivity contribution >= 4 is 11.7 Å². The normalized spacial score (nSPS) is 10.9. The van der Waals surface area contributed by atoms with E-state index in [9.17, 15) is 18.0 Å². The summed E-state index contributed by atoms with van der Waals surface area (Å²) in [7, 11) is 0. The second kappa shape index (κ2) is 6.39. The van der Waals surface area contributed by atoms with E-state index < -0.39 is 12.3 Å². The number of amides is 1. The number of nitrogens with zero attached hydrogens (tertiary/aromatic N) is 3. The van der Waals surface area contributed by atoms with E-state index in [2.05, 4.69) is 15.2 Å². The van der Waals surface area contributed by atoms with Crippen molar-refractivity contribution in [2.75, 3.05) is 5.32 Å². The second-order valence-corrected chi connectivity index (χ2v) is 4.51. The van der Waals surface area contributed by atoms with Crippen molar-refractivity contribution in [3.63, 3.8) is 0 Å². The fraction of sp³-hybridized carbons (Fsp3) is 0.214. The van der Waals surface area contributed by atoms with Crippen LogP contribution in [0.4, 0.5) is 19.0 Å². The lowest BCUT2D eigenvalue weighted by Gasteiger charge is -2.11. The van der Waals surface area contributed by atoms with Crippen LogP contribution >= 0.6 is 0 Å². The Morgan fingerprint density at radius 3 is 2.61 bits per heavy atom. The highest BCUT2D eigenvalue weighted by molar-refractivity contribution is 5.91. The molecule has 0 spiro atoms. The summed E-state index contributed by atoms with van der Waals surface area (Å²) in [4.78, 5) is 11.5. The van der Waals surface area contributed by atoms with Crippen LogP contribution in [0.25, 0.3) is 5.69 Å². The molecule has 1 aromatic heterocycles. The standard InChI is InChI=1S/C14H11F3N4O2/c1-9-8-12(19-13(22)6-7-18)21(20-9)10-2-4-11(5-3-10)23-14(15,16)17/h2-5,8H,6H2,1H3,(H,19,22). The number of aromatic nitrogens is 2. The van der Waals surface area contributed by atoms with Gasteiger partial charge >= 0.3 is 6.36 Å². The highest BCUT2D eigenvalue weighted by Gasteiger charge is 2.31. The Hall–Kier alpha value is -3.02. The molecule has 0 aliphatic heterocycles. The SMILES string of the molecule is Cc1cc(NC(=O)CC#N)n(-c2ccc(OC(F)(F)F)cc2)n1. The molecule has 0 fully saturated rings. The first-order valence-electron chi connectivity index (χ1n) is 6.38. The van der Waals surface area contributed by atoms with Gasteiger partial charge in [-0.25, -0.2) is 4.68 Å². The number of benzene rings is 1. The van der Waals surface area contributed by atoms with Crippen molar-refractivity contribution in [1.82, 2.24) is 9.78 Å². The van der Waals surface area contributed by atoms with Gasteiger partial charge in [-0.3, -0.25) is 4.79 Å². The Bertz CT molecular complexity index is 745. The van der Waals surface area contributed by atoms with Crippen LogP contribution in [0.3, 0.4) is 0 Å². The molecule has 2 aromatic rings. The zero-order valence-electron chi connectivity index (χ0n) is 11.9. The van der Waals surface area contributed by atoms with Crippen molar-refractivity contribution in [2.45, 2.75) is 19.7 Å². The molecule has 23 heavy (non-hydrogen) atoms. The molecular weight excluding hydrogens is 313 g/mol. The number of carbonyl (C=O) groups excluding carboxylic acids is 1. The van der Waals surface area contributed by atoms with Gasteiger partial charge in [0, 0.05) is 6.07 Å². The van der Waals surface area contributed by atoms with Crippen molar-refractivity contribution in [3.8, 4) is 17.5 Å². The minimum absolute atomic E-state index is 0.312. The summed E-state index contributed by atoms with van der Waals surface area (Å²) in [6.45, 7) is 1.69. The van der Waals surface area contributed by atoms with Crippen molar-refractivity contribution in [1.29, 1.82) is 5.26 Å². The molecule has 1 heterocycles. The fourth-order valence-corrected chi connectivity index (χ4v) is 1.83. The summed E-state index contributed by atoms with van der Waals surface area (Å²) in [6, 6.07) is 8.31. The number of anilines is 1. The monoisotopic (exact) mass is 324 g/mol. The Balaban J connectivity index is 2.25. The van der Waals surface area contributed by atoms with Crippen molar-refractivity contribution in [2.24, 2.45) is 0 Å². The molecule has 2 rings (SSSR count). The number of ether oxygens (including phenoxy) is 1. The maximum absolute atomic E-state index is 12.1. The Morgan fingerprint density at radius 1 is 1.39 bits per heavy atom. The molecule has 0 aliphatic rings. The molecule has 1 amide bonds. The fourth-order valence-electron chi connectivity index (χ4n) is 1.83. The maximum Gasteiger partial charge on any atom is 0.573 e. The van der Waals surface area contributed by atoms with E-state index >= 15 is 0 Å². The van der Waals surface area contributed by atoms with Gasteiger partial charge in [0.15, 0.2) is 0 Å². The summed E-state index contributed by atoms with van der Waals surface area (Å²) in [5.41, 5.74) is 1.02. The first kappa shape index (κ1) is 16.4. The van der Waals surface area contributed by atoms with Crippen LogP contribution < -0.4 is 10.1 Å². The zero-order valence-corrected chi connectivity index (χ0v) is 11.9. The second-order valence-electron chi connectivity index (χ2n) is 4.51. The van der Waals surface area contributed by atoms with Gasteiger partial charge in [0.25, 0.3) is 0 Å². The molecule has 9 heteroatoms. The molecule has 0 saturated carbocycles. The van der Waals surface area contributed by atoms with E-state index in [0.29, 0.717) is 17.2 Å². The third-order valence-corrected chi connectivity index (χ3v) is 2.65. The van der Waals surface area contributed by atoms with Crippen LogP contribution in [0, 0.1) is 18.3 Å². The smallest absolute Gasteiger partial charge is 0.406 e. The lowest BCUT2D eigenvalue weighted by Crippen LogP contribution is -2.17. The first-order valence-corrected chi connectivity index (χ1v) is 6.38. The predicted molar refractivity (Wildman–Crippen MR) is 73.8 cm³/mol. The number of alkyl halides is 3. The van der Waals surface area contributed by atoms with Crippen LogP contribution in [0.1, 0.15) is 12.1 Å².